The molecule has 0 aromatic heterocycles. The van der Waals surface area contributed by atoms with Gasteiger partial charge in [0.05, 0.1) is 24.3 Å². The first kappa shape index (κ1) is 15.7. The van der Waals surface area contributed by atoms with Crippen molar-refractivity contribution >= 4 is 5.97 Å². The van der Waals surface area contributed by atoms with Crippen molar-refractivity contribution in [1.82, 2.24) is 0 Å². The normalized spacial score (nSPS) is 11.1. The molecule has 4 nitrogen and oxygen atoms in total. The summed E-state index contributed by atoms with van der Waals surface area (Å²) < 4.78 is 71.0. The highest BCUT2D eigenvalue weighted by atomic mass is 19.4. The summed E-state index contributed by atoms with van der Waals surface area (Å²) in [6.45, 7) is -3.44. The van der Waals surface area contributed by atoms with E-state index in [1.807, 2.05) is 0 Å². The number of hydrogen-bond donors (Lipinski definition) is 0. The molecule has 0 spiro atoms. The Labute approximate surface area is 109 Å². The molecule has 9 heteroatoms. The summed E-state index contributed by atoms with van der Waals surface area (Å²) in [6, 6.07) is 2.54. The molecule has 0 unspecified atom stereocenters. The molecule has 1 rings (SSSR count). The fraction of sp³-hybridized carbons (Fsp3) is 0.273. The highest BCUT2D eigenvalue weighted by Crippen LogP contribution is 2.39. The number of carbonyl (C=O) groups is 1. The van der Waals surface area contributed by atoms with Gasteiger partial charge >= 0.3 is 18.8 Å². The first-order chi connectivity index (χ1) is 9.22. The fourth-order valence-corrected chi connectivity index (χ4v) is 1.47. The molecule has 1 aromatic carbocycles. The Hall–Kier alpha value is -2.37. The number of hydrogen-bond acceptors (Lipinski definition) is 4. The molecule has 108 valence electrons. The second-order valence-corrected chi connectivity index (χ2v) is 3.34. The Morgan fingerprint density at radius 1 is 1.35 bits per heavy atom. The number of methoxy groups -OCH3 is 1. The molecule has 0 radical (unpaired) electrons. The average molecular weight is 295 g/mol. The van der Waals surface area contributed by atoms with Crippen LogP contribution in [0.4, 0.5) is 22.0 Å². The molecule has 0 aliphatic carbocycles. The summed E-state index contributed by atoms with van der Waals surface area (Å²) in [7, 11) is 0.772. The third kappa shape index (κ3) is 3.14. The maximum Gasteiger partial charge on any atom is 0.418 e. The molecule has 0 atom stereocenters. The van der Waals surface area contributed by atoms with E-state index in [0.29, 0.717) is 12.1 Å². The third-order valence-corrected chi connectivity index (χ3v) is 2.18. The van der Waals surface area contributed by atoms with Crippen LogP contribution < -0.4 is 4.74 Å². The van der Waals surface area contributed by atoms with Gasteiger partial charge in [0, 0.05) is 0 Å². The number of rotatable bonds is 3. The van der Waals surface area contributed by atoms with Crippen LogP contribution in [0, 0.1) is 11.3 Å². The van der Waals surface area contributed by atoms with E-state index < -0.39 is 41.2 Å². The fourth-order valence-electron chi connectivity index (χ4n) is 1.47. The Morgan fingerprint density at radius 3 is 2.35 bits per heavy atom. The first-order valence-corrected chi connectivity index (χ1v) is 4.89. The number of ether oxygens (including phenoxy) is 2. The van der Waals surface area contributed by atoms with Crippen LogP contribution in [0.2, 0.25) is 0 Å². The molecule has 0 saturated heterocycles. The summed E-state index contributed by atoms with van der Waals surface area (Å²) in [6.07, 6.45) is -5.12. The number of halogens is 5. The Morgan fingerprint density at radius 2 is 1.95 bits per heavy atom. The van der Waals surface area contributed by atoms with Gasteiger partial charge < -0.3 is 9.47 Å². The lowest BCUT2D eigenvalue weighted by molar-refractivity contribution is -0.138. The van der Waals surface area contributed by atoms with E-state index in [1.54, 1.807) is 0 Å². The predicted octanol–water partition coefficient (Wildman–Crippen LogP) is 2.97. The zero-order valence-electron chi connectivity index (χ0n) is 9.79. The van der Waals surface area contributed by atoms with Crippen LogP contribution in [0.1, 0.15) is 21.5 Å². The topological polar surface area (TPSA) is 59.3 Å². The van der Waals surface area contributed by atoms with E-state index in [9.17, 15) is 26.7 Å². The SMILES string of the molecule is COC(=O)c1c(OC(F)F)ccc(C#N)c1C(F)(F)F. The molecule has 0 aliphatic rings. The van der Waals surface area contributed by atoms with Crippen molar-refractivity contribution in [3.63, 3.8) is 0 Å². The highest BCUT2D eigenvalue weighted by Gasteiger charge is 2.40. The highest BCUT2D eigenvalue weighted by molar-refractivity contribution is 5.95. The molecule has 0 saturated carbocycles. The van der Waals surface area contributed by atoms with E-state index in [0.717, 1.165) is 7.11 Å². The number of nitriles is 1. The van der Waals surface area contributed by atoms with Crippen molar-refractivity contribution in [3.05, 3.63) is 28.8 Å². The van der Waals surface area contributed by atoms with Gasteiger partial charge in [-0.2, -0.15) is 27.2 Å². The van der Waals surface area contributed by atoms with E-state index in [2.05, 4.69) is 9.47 Å². The molecule has 0 amide bonds. The molecule has 20 heavy (non-hydrogen) atoms. The van der Waals surface area contributed by atoms with Gasteiger partial charge in [0.2, 0.25) is 0 Å². The van der Waals surface area contributed by atoms with Gasteiger partial charge in [0.1, 0.15) is 11.3 Å². The molecular weight excluding hydrogens is 289 g/mol. The second-order valence-electron chi connectivity index (χ2n) is 3.34. The van der Waals surface area contributed by atoms with Crippen LogP contribution in [-0.2, 0) is 10.9 Å². The minimum absolute atomic E-state index is 0.632. The number of carbonyl (C=O) groups excluding carboxylic acids is 1. The van der Waals surface area contributed by atoms with Crippen molar-refractivity contribution in [2.45, 2.75) is 12.8 Å². The number of nitrogens with zero attached hydrogens (tertiary/aromatic N) is 1. The lowest BCUT2D eigenvalue weighted by Crippen LogP contribution is -2.19. The molecular formula is C11H6F5NO3. The third-order valence-electron chi connectivity index (χ3n) is 2.18. The monoisotopic (exact) mass is 295 g/mol. The Bertz CT molecular complexity index is 562. The van der Waals surface area contributed by atoms with Crippen molar-refractivity contribution < 1.29 is 36.2 Å². The summed E-state index contributed by atoms with van der Waals surface area (Å²) >= 11 is 0. The average Bonchev–Trinajstić information content (AvgIpc) is 2.35. The zero-order valence-corrected chi connectivity index (χ0v) is 9.79. The van der Waals surface area contributed by atoms with Crippen molar-refractivity contribution in [2.75, 3.05) is 7.11 Å². The summed E-state index contributed by atoms with van der Waals surface area (Å²) in [4.78, 5) is 11.4. The van der Waals surface area contributed by atoms with Crippen LogP contribution >= 0.6 is 0 Å². The number of esters is 1. The number of alkyl halides is 5. The van der Waals surface area contributed by atoms with E-state index in [4.69, 9.17) is 5.26 Å². The summed E-state index contributed by atoms with van der Waals surface area (Å²) in [5.74, 6) is -2.55. The molecule has 0 N–H and O–H groups in total. The lowest BCUT2D eigenvalue weighted by atomic mass is 10.00. The molecule has 0 bridgehead atoms. The van der Waals surface area contributed by atoms with E-state index in [1.165, 1.54) is 6.07 Å². The van der Waals surface area contributed by atoms with Gasteiger partial charge in [-0.3, -0.25) is 0 Å². The van der Waals surface area contributed by atoms with Gasteiger partial charge in [-0.25, -0.2) is 4.79 Å². The van der Waals surface area contributed by atoms with E-state index in [-0.39, 0.29) is 0 Å². The number of benzene rings is 1. The van der Waals surface area contributed by atoms with Crippen molar-refractivity contribution in [2.24, 2.45) is 0 Å². The Balaban J connectivity index is 3.67. The smallest absolute Gasteiger partial charge is 0.418 e. The van der Waals surface area contributed by atoms with Crippen LogP contribution in [0.3, 0.4) is 0 Å². The maximum atomic E-state index is 12.9. The van der Waals surface area contributed by atoms with Gasteiger partial charge in [0.25, 0.3) is 0 Å². The maximum absolute atomic E-state index is 12.9. The van der Waals surface area contributed by atoms with Gasteiger partial charge in [-0.15, -0.1) is 0 Å². The lowest BCUT2D eigenvalue weighted by Gasteiger charge is -2.16. The predicted molar refractivity (Wildman–Crippen MR) is 54.1 cm³/mol. The molecule has 1 aromatic rings. The quantitative estimate of drug-likeness (QED) is 0.635. The standard InChI is InChI=1S/C11H6F5NO3/c1-19-9(18)7-6(20-10(12)13)3-2-5(4-17)8(7)11(14,15)16/h2-3,10H,1H3. The van der Waals surface area contributed by atoms with Crippen LogP contribution in [0.15, 0.2) is 12.1 Å². The zero-order chi connectivity index (χ0) is 15.5. The minimum Gasteiger partial charge on any atom is -0.465 e. The van der Waals surface area contributed by atoms with Crippen molar-refractivity contribution in [3.8, 4) is 11.8 Å². The molecule has 0 fully saturated rings. The molecule has 0 aliphatic heterocycles. The first-order valence-electron chi connectivity index (χ1n) is 4.89. The summed E-state index contributed by atoms with van der Waals surface area (Å²) in [5.41, 5.74) is -3.84. The van der Waals surface area contributed by atoms with Gasteiger partial charge in [-0.05, 0) is 12.1 Å². The van der Waals surface area contributed by atoms with E-state index >= 15 is 0 Å². The minimum atomic E-state index is -5.12. The Kier molecular flexibility index (Phi) is 4.49. The summed E-state index contributed by atoms with van der Waals surface area (Å²) in [5, 5.41) is 8.64. The van der Waals surface area contributed by atoms with Gasteiger partial charge in [-0.1, -0.05) is 0 Å². The largest absolute Gasteiger partial charge is 0.465 e. The van der Waals surface area contributed by atoms with Gasteiger partial charge in [0.15, 0.2) is 0 Å². The van der Waals surface area contributed by atoms with Crippen LogP contribution in [0.5, 0.6) is 5.75 Å². The second kappa shape index (κ2) is 5.73. The van der Waals surface area contributed by atoms with Crippen LogP contribution in [0.25, 0.3) is 0 Å². The molecule has 0 heterocycles. The van der Waals surface area contributed by atoms with Crippen molar-refractivity contribution in [1.29, 1.82) is 5.26 Å². The van der Waals surface area contributed by atoms with Crippen LogP contribution in [-0.4, -0.2) is 19.7 Å².